The standard InChI is InChI=1S/C12H14F2N2/c1-12(2,3)11-10-8(14)5-7(13)6-9(10)16(4)15-11/h5-6H,1-4H3. The summed E-state index contributed by atoms with van der Waals surface area (Å²) in [4.78, 5) is 0. The third-order valence-electron chi connectivity index (χ3n) is 2.58. The van der Waals surface area contributed by atoms with E-state index in [9.17, 15) is 8.78 Å². The first-order valence-corrected chi connectivity index (χ1v) is 5.13. The van der Waals surface area contributed by atoms with Crippen LogP contribution in [0.5, 0.6) is 0 Å². The Hall–Kier alpha value is -1.45. The second kappa shape index (κ2) is 3.27. The van der Waals surface area contributed by atoms with Gasteiger partial charge in [-0.1, -0.05) is 20.8 Å². The topological polar surface area (TPSA) is 17.8 Å². The highest BCUT2D eigenvalue weighted by Crippen LogP contribution is 2.31. The average molecular weight is 224 g/mol. The van der Waals surface area contributed by atoms with Crippen molar-refractivity contribution in [3.8, 4) is 0 Å². The Morgan fingerprint density at radius 1 is 1.19 bits per heavy atom. The summed E-state index contributed by atoms with van der Waals surface area (Å²) >= 11 is 0. The Bertz CT molecular complexity index is 550. The number of hydrogen-bond donors (Lipinski definition) is 0. The highest BCUT2D eigenvalue weighted by molar-refractivity contribution is 5.83. The van der Waals surface area contributed by atoms with Gasteiger partial charge in [0.05, 0.1) is 16.6 Å². The van der Waals surface area contributed by atoms with Gasteiger partial charge in [-0.05, 0) is 6.07 Å². The number of halogens is 2. The molecule has 2 nitrogen and oxygen atoms in total. The van der Waals surface area contributed by atoms with Crippen LogP contribution in [0, 0.1) is 11.6 Å². The molecule has 2 rings (SSSR count). The minimum Gasteiger partial charge on any atom is -0.267 e. The third kappa shape index (κ3) is 1.58. The summed E-state index contributed by atoms with van der Waals surface area (Å²) in [6.07, 6.45) is 0. The fraction of sp³-hybridized carbons (Fsp3) is 0.417. The van der Waals surface area contributed by atoms with Gasteiger partial charge in [0.1, 0.15) is 11.6 Å². The Morgan fingerprint density at radius 2 is 1.81 bits per heavy atom. The van der Waals surface area contributed by atoms with Crippen molar-refractivity contribution in [1.29, 1.82) is 0 Å². The molecule has 0 spiro atoms. The molecule has 1 aromatic carbocycles. The minimum absolute atomic E-state index is 0.266. The average Bonchev–Trinajstić information content (AvgIpc) is 2.43. The molecule has 0 aliphatic heterocycles. The Labute approximate surface area is 92.9 Å². The molecule has 0 amide bonds. The van der Waals surface area contributed by atoms with Crippen LogP contribution in [0.2, 0.25) is 0 Å². The Kier molecular flexibility index (Phi) is 2.26. The molecule has 16 heavy (non-hydrogen) atoms. The molecule has 0 radical (unpaired) electrons. The molecule has 1 heterocycles. The number of aromatic nitrogens is 2. The second-order valence-corrected chi connectivity index (χ2v) is 5.00. The summed E-state index contributed by atoms with van der Waals surface area (Å²) in [5.41, 5.74) is 0.878. The lowest BCUT2D eigenvalue weighted by Gasteiger charge is -2.15. The van der Waals surface area contributed by atoms with Crippen LogP contribution in [-0.2, 0) is 12.5 Å². The maximum absolute atomic E-state index is 13.8. The van der Waals surface area contributed by atoms with Gasteiger partial charge in [0.15, 0.2) is 0 Å². The summed E-state index contributed by atoms with van der Waals surface area (Å²) in [5, 5.41) is 4.69. The maximum atomic E-state index is 13.8. The number of hydrogen-bond acceptors (Lipinski definition) is 1. The Morgan fingerprint density at radius 3 is 2.38 bits per heavy atom. The van der Waals surface area contributed by atoms with E-state index in [0.717, 1.165) is 6.07 Å². The summed E-state index contributed by atoms with van der Waals surface area (Å²) in [7, 11) is 1.69. The van der Waals surface area contributed by atoms with Gasteiger partial charge in [0.25, 0.3) is 0 Å². The second-order valence-electron chi connectivity index (χ2n) is 5.00. The van der Waals surface area contributed by atoms with Gasteiger partial charge in [-0.2, -0.15) is 5.10 Å². The molecule has 0 saturated carbocycles. The van der Waals surface area contributed by atoms with Crippen molar-refractivity contribution < 1.29 is 8.78 Å². The molecule has 2 aromatic rings. The van der Waals surface area contributed by atoms with Crippen LogP contribution < -0.4 is 0 Å². The predicted molar refractivity (Wildman–Crippen MR) is 59.3 cm³/mol. The van der Waals surface area contributed by atoms with Crippen LogP contribution in [0.1, 0.15) is 26.5 Å². The summed E-state index contributed by atoms with van der Waals surface area (Å²) < 4.78 is 28.4. The molecule has 0 N–H and O–H groups in total. The van der Waals surface area contributed by atoms with Crippen LogP contribution in [0.3, 0.4) is 0 Å². The van der Waals surface area contributed by atoms with E-state index >= 15 is 0 Å². The van der Waals surface area contributed by atoms with Crippen molar-refractivity contribution in [3.05, 3.63) is 29.5 Å². The molecule has 0 aliphatic rings. The highest BCUT2D eigenvalue weighted by Gasteiger charge is 2.24. The van der Waals surface area contributed by atoms with Crippen molar-refractivity contribution in [2.45, 2.75) is 26.2 Å². The van der Waals surface area contributed by atoms with E-state index in [1.807, 2.05) is 20.8 Å². The predicted octanol–water partition coefficient (Wildman–Crippen LogP) is 3.15. The van der Waals surface area contributed by atoms with Gasteiger partial charge >= 0.3 is 0 Å². The Balaban J connectivity index is 2.89. The van der Waals surface area contributed by atoms with Crippen molar-refractivity contribution in [2.75, 3.05) is 0 Å². The smallest absolute Gasteiger partial charge is 0.137 e. The molecule has 0 fully saturated rings. The number of rotatable bonds is 0. The zero-order valence-electron chi connectivity index (χ0n) is 9.81. The summed E-state index contributed by atoms with van der Waals surface area (Å²) in [6, 6.07) is 2.21. The van der Waals surface area contributed by atoms with Gasteiger partial charge in [-0.25, -0.2) is 8.78 Å². The molecule has 86 valence electrons. The lowest BCUT2D eigenvalue weighted by atomic mass is 9.90. The van der Waals surface area contributed by atoms with Crippen molar-refractivity contribution in [1.82, 2.24) is 9.78 Å². The quantitative estimate of drug-likeness (QED) is 0.672. The normalized spacial score (nSPS) is 12.4. The fourth-order valence-electron chi connectivity index (χ4n) is 1.83. The number of benzene rings is 1. The molecule has 0 saturated heterocycles. The van der Waals surface area contributed by atoms with Crippen LogP contribution in [0.15, 0.2) is 12.1 Å². The fourth-order valence-corrected chi connectivity index (χ4v) is 1.83. The van der Waals surface area contributed by atoms with Crippen LogP contribution in [-0.4, -0.2) is 9.78 Å². The highest BCUT2D eigenvalue weighted by atomic mass is 19.1. The largest absolute Gasteiger partial charge is 0.267 e. The molecule has 0 atom stereocenters. The first-order chi connectivity index (χ1) is 7.30. The molecule has 1 aromatic heterocycles. The number of nitrogens with zero attached hydrogens (tertiary/aromatic N) is 2. The number of aryl methyl sites for hydroxylation is 1. The van der Waals surface area contributed by atoms with E-state index < -0.39 is 11.6 Å². The van der Waals surface area contributed by atoms with Crippen molar-refractivity contribution >= 4 is 10.9 Å². The molecular weight excluding hydrogens is 210 g/mol. The lowest BCUT2D eigenvalue weighted by molar-refractivity contribution is 0.553. The lowest BCUT2D eigenvalue weighted by Crippen LogP contribution is -2.13. The van der Waals surface area contributed by atoms with E-state index in [0.29, 0.717) is 16.6 Å². The first-order valence-electron chi connectivity index (χ1n) is 5.13. The maximum Gasteiger partial charge on any atom is 0.137 e. The van der Waals surface area contributed by atoms with Gasteiger partial charge in [-0.3, -0.25) is 4.68 Å². The van der Waals surface area contributed by atoms with Gasteiger partial charge in [-0.15, -0.1) is 0 Å². The zero-order valence-corrected chi connectivity index (χ0v) is 9.81. The van der Waals surface area contributed by atoms with Crippen LogP contribution in [0.25, 0.3) is 10.9 Å². The van der Waals surface area contributed by atoms with Gasteiger partial charge in [0.2, 0.25) is 0 Å². The molecule has 0 unspecified atom stereocenters. The third-order valence-corrected chi connectivity index (χ3v) is 2.58. The molecule has 4 heteroatoms. The van der Waals surface area contributed by atoms with Crippen LogP contribution >= 0.6 is 0 Å². The molecule has 0 bridgehead atoms. The van der Waals surface area contributed by atoms with E-state index in [2.05, 4.69) is 5.10 Å². The monoisotopic (exact) mass is 224 g/mol. The minimum atomic E-state index is -0.576. The first kappa shape index (κ1) is 11.0. The van der Waals surface area contributed by atoms with Crippen molar-refractivity contribution in [2.24, 2.45) is 7.05 Å². The van der Waals surface area contributed by atoms with E-state index in [1.54, 1.807) is 7.05 Å². The SMILES string of the molecule is Cn1nc(C(C)(C)C)c2c(F)cc(F)cc21. The van der Waals surface area contributed by atoms with Crippen LogP contribution in [0.4, 0.5) is 8.78 Å². The molecule has 0 aliphatic carbocycles. The van der Waals surface area contributed by atoms with E-state index in [-0.39, 0.29) is 5.41 Å². The van der Waals surface area contributed by atoms with Crippen molar-refractivity contribution in [3.63, 3.8) is 0 Å². The zero-order chi connectivity index (χ0) is 12.1. The number of fused-ring (bicyclic) bond motifs is 1. The van der Waals surface area contributed by atoms with Gasteiger partial charge < -0.3 is 0 Å². The summed E-state index contributed by atoms with van der Waals surface area (Å²) in [6.45, 7) is 5.87. The summed E-state index contributed by atoms with van der Waals surface area (Å²) in [5.74, 6) is -1.12. The van der Waals surface area contributed by atoms with Gasteiger partial charge in [0, 0.05) is 18.5 Å². The van der Waals surface area contributed by atoms with E-state index in [1.165, 1.54) is 10.7 Å². The van der Waals surface area contributed by atoms with E-state index in [4.69, 9.17) is 0 Å². The molecular formula is C12H14F2N2.